The topological polar surface area (TPSA) is 47.3 Å². The fourth-order valence-corrected chi connectivity index (χ4v) is 1.75. The summed E-state index contributed by atoms with van der Waals surface area (Å²) in [6.07, 6.45) is 4.86. The highest BCUT2D eigenvalue weighted by atomic mass is 16.5. The van der Waals surface area contributed by atoms with Crippen LogP contribution in [-0.4, -0.2) is 24.7 Å². The third-order valence-electron chi connectivity index (χ3n) is 2.78. The fraction of sp³-hybridized carbons (Fsp3) is 0.727. The molecule has 15 heavy (non-hydrogen) atoms. The van der Waals surface area contributed by atoms with E-state index in [2.05, 4.69) is 17.2 Å². The molecule has 2 rings (SSSR count). The molecule has 0 amide bonds. The molecule has 1 N–H and O–H groups in total. The van der Waals surface area contributed by atoms with Crippen LogP contribution >= 0.6 is 0 Å². The van der Waals surface area contributed by atoms with E-state index in [1.54, 1.807) is 6.26 Å². The Morgan fingerprint density at radius 3 is 3.20 bits per heavy atom. The van der Waals surface area contributed by atoms with Crippen LogP contribution in [0.2, 0.25) is 0 Å². The van der Waals surface area contributed by atoms with Gasteiger partial charge in [0.15, 0.2) is 0 Å². The Morgan fingerprint density at radius 2 is 2.53 bits per heavy atom. The summed E-state index contributed by atoms with van der Waals surface area (Å²) in [6.45, 7) is 2.95. The molecule has 1 fully saturated rings. The predicted octanol–water partition coefficient (Wildman–Crippen LogP) is 1.68. The molecule has 0 spiro atoms. The second kappa shape index (κ2) is 4.77. The van der Waals surface area contributed by atoms with Crippen LogP contribution in [0.5, 0.6) is 0 Å². The molecule has 84 valence electrons. The van der Waals surface area contributed by atoms with Gasteiger partial charge in [0.05, 0.1) is 5.69 Å². The van der Waals surface area contributed by atoms with Crippen LogP contribution < -0.4 is 5.32 Å². The van der Waals surface area contributed by atoms with Crippen molar-refractivity contribution in [2.45, 2.75) is 38.3 Å². The van der Waals surface area contributed by atoms with Gasteiger partial charge < -0.3 is 14.5 Å². The van der Waals surface area contributed by atoms with Crippen LogP contribution in [0.25, 0.3) is 0 Å². The lowest BCUT2D eigenvalue weighted by molar-refractivity contribution is 0.0892. The normalized spacial score (nSPS) is 23.2. The van der Waals surface area contributed by atoms with Crippen LogP contribution in [0.1, 0.15) is 37.5 Å². The predicted molar refractivity (Wildman–Crippen MR) is 56.7 cm³/mol. The molecule has 0 aliphatic carbocycles. The average molecular weight is 210 g/mol. The molecule has 0 bridgehead atoms. The maximum absolute atomic E-state index is 5.51. The van der Waals surface area contributed by atoms with Gasteiger partial charge in [-0.1, -0.05) is 0 Å². The number of ether oxygens (including phenoxy) is 1. The largest absolute Gasteiger partial charge is 0.446 e. The van der Waals surface area contributed by atoms with E-state index < -0.39 is 0 Å². The zero-order valence-electron chi connectivity index (χ0n) is 9.32. The molecule has 2 atom stereocenters. The van der Waals surface area contributed by atoms with Gasteiger partial charge in [0.25, 0.3) is 0 Å². The second-order valence-electron chi connectivity index (χ2n) is 4.07. The van der Waals surface area contributed by atoms with Gasteiger partial charge in [-0.05, 0) is 26.8 Å². The molecular weight excluding hydrogens is 192 g/mol. The van der Waals surface area contributed by atoms with Gasteiger partial charge in [-0.15, -0.1) is 0 Å². The van der Waals surface area contributed by atoms with Gasteiger partial charge in [-0.25, -0.2) is 4.98 Å². The van der Waals surface area contributed by atoms with E-state index >= 15 is 0 Å². The number of hydrogen-bond acceptors (Lipinski definition) is 4. The SMILES string of the molecule is CNC(C)Cc1coc(C2CCCO2)n1. The van der Waals surface area contributed by atoms with Crippen LogP contribution in [0, 0.1) is 0 Å². The Kier molecular flexibility index (Phi) is 3.38. The third kappa shape index (κ3) is 2.58. The Hall–Kier alpha value is -0.870. The van der Waals surface area contributed by atoms with Crippen LogP contribution in [-0.2, 0) is 11.2 Å². The van der Waals surface area contributed by atoms with Crippen molar-refractivity contribution in [2.75, 3.05) is 13.7 Å². The minimum absolute atomic E-state index is 0.0867. The first-order valence-corrected chi connectivity index (χ1v) is 5.52. The Labute approximate surface area is 90.0 Å². The van der Waals surface area contributed by atoms with Gasteiger partial charge >= 0.3 is 0 Å². The quantitative estimate of drug-likeness (QED) is 0.821. The number of nitrogens with one attached hydrogen (secondary N) is 1. The summed E-state index contributed by atoms with van der Waals surface area (Å²) in [5, 5.41) is 3.18. The van der Waals surface area contributed by atoms with Crippen molar-refractivity contribution in [3.63, 3.8) is 0 Å². The Bertz CT molecular complexity index is 305. The summed E-state index contributed by atoms with van der Waals surface area (Å²) < 4.78 is 10.9. The van der Waals surface area contributed by atoms with Gasteiger partial charge in [0.1, 0.15) is 12.4 Å². The van der Waals surface area contributed by atoms with Gasteiger partial charge in [0.2, 0.25) is 5.89 Å². The minimum atomic E-state index is 0.0867. The third-order valence-corrected chi connectivity index (χ3v) is 2.78. The first kappa shape index (κ1) is 10.6. The van der Waals surface area contributed by atoms with Crippen molar-refractivity contribution in [3.05, 3.63) is 17.8 Å². The Morgan fingerprint density at radius 1 is 1.67 bits per heavy atom. The maximum Gasteiger partial charge on any atom is 0.223 e. The fourth-order valence-electron chi connectivity index (χ4n) is 1.75. The molecule has 0 radical (unpaired) electrons. The minimum Gasteiger partial charge on any atom is -0.446 e. The van der Waals surface area contributed by atoms with E-state index in [0.717, 1.165) is 37.5 Å². The van der Waals surface area contributed by atoms with E-state index in [0.29, 0.717) is 6.04 Å². The standard InChI is InChI=1S/C11H18N2O2/c1-8(12-2)6-9-7-15-11(13-9)10-4-3-5-14-10/h7-8,10,12H,3-6H2,1-2H3. The highest BCUT2D eigenvalue weighted by Crippen LogP contribution is 2.27. The van der Waals surface area contributed by atoms with Crippen LogP contribution in [0.4, 0.5) is 0 Å². The smallest absolute Gasteiger partial charge is 0.223 e. The lowest BCUT2D eigenvalue weighted by atomic mass is 10.2. The van der Waals surface area contributed by atoms with Crippen molar-refractivity contribution < 1.29 is 9.15 Å². The first-order valence-electron chi connectivity index (χ1n) is 5.52. The molecule has 1 saturated heterocycles. The number of aromatic nitrogens is 1. The molecule has 2 unspecified atom stereocenters. The highest BCUT2D eigenvalue weighted by molar-refractivity contribution is 5.01. The zero-order valence-corrected chi connectivity index (χ0v) is 9.32. The lowest BCUT2D eigenvalue weighted by Crippen LogP contribution is -2.23. The molecule has 4 heteroatoms. The lowest BCUT2D eigenvalue weighted by Gasteiger charge is -2.06. The summed E-state index contributed by atoms with van der Waals surface area (Å²) in [6, 6.07) is 0.424. The number of nitrogens with zero attached hydrogens (tertiary/aromatic N) is 1. The average Bonchev–Trinajstić information content (AvgIpc) is 2.85. The summed E-state index contributed by atoms with van der Waals surface area (Å²) in [7, 11) is 1.95. The summed E-state index contributed by atoms with van der Waals surface area (Å²) >= 11 is 0. The van der Waals surface area contributed by atoms with Crippen LogP contribution in [0.15, 0.2) is 10.7 Å². The molecule has 0 saturated carbocycles. The summed E-state index contributed by atoms with van der Waals surface area (Å²) in [5.41, 5.74) is 1.00. The summed E-state index contributed by atoms with van der Waals surface area (Å²) in [5.74, 6) is 0.741. The van der Waals surface area contributed by atoms with E-state index in [-0.39, 0.29) is 6.10 Å². The molecule has 1 aromatic rings. The van der Waals surface area contributed by atoms with Crippen molar-refractivity contribution >= 4 is 0 Å². The molecule has 1 aliphatic heterocycles. The highest BCUT2D eigenvalue weighted by Gasteiger charge is 2.22. The van der Waals surface area contributed by atoms with Crippen molar-refractivity contribution in [1.29, 1.82) is 0 Å². The maximum atomic E-state index is 5.51. The first-order chi connectivity index (χ1) is 7.29. The van der Waals surface area contributed by atoms with Gasteiger partial charge in [0, 0.05) is 19.1 Å². The van der Waals surface area contributed by atoms with Crippen molar-refractivity contribution in [3.8, 4) is 0 Å². The van der Waals surface area contributed by atoms with Crippen molar-refractivity contribution in [1.82, 2.24) is 10.3 Å². The van der Waals surface area contributed by atoms with E-state index in [1.807, 2.05) is 7.05 Å². The monoisotopic (exact) mass is 210 g/mol. The van der Waals surface area contributed by atoms with E-state index in [4.69, 9.17) is 9.15 Å². The van der Waals surface area contributed by atoms with E-state index in [9.17, 15) is 0 Å². The second-order valence-corrected chi connectivity index (χ2v) is 4.07. The molecule has 1 aliphatic rings. The number of likely N-dealkylation sites (N-methyl/N-ethyl adjacent to an activating group) is 1. The summed E-state index contributed by atoms with van der Waals surface area (Å²) in [4.78, 5) is 4.45. The number of hydrogen-bond donors (Lipinski definition) is 1. The number of rotatable bonds is 4. The molecule has 1 aromatic heterocycles. The molecule has 0 aromatic carbocycles. The molecular formula is C11H18N2O2. The van der Waals surface area contributed by atoms with Gasteiger partial charge in [-0.2, -0.15) is 0 Å². The molecule has 2 heterocycles. The van der Waals surface area contributed by atoms with E-state index in [1.165, 1.54) is 0 Å². The van der Waals surface area contributed by atoms with Crippen LogP contribution in [0.3, 0.4) is 0 Å². The molecule has 4 nitrogen and oxygen atoms in total. The number of oxazole rings is 1. The van der Waals surface area contributed by atoms with Crippen molar-refractivity contribution in [2.24, 2.45) is 0 Å². The zero-order chi connectivity index (χ0) is 10.7. The van der Waals surface area contributed by atoms with Gasteiger partial charge in [-0.3, -0.25) is 0 Å². The Balaban J connectivity index is 1.97.